The van der Waals surface area contributed by atoms with E-state index in [1.807, 2.05) is 18.2 Å². The molecule has 1 rings (SSSR count). The highest BCUT2D eigenvalue weighted by molar-refractivity contribution is 9.10. The molecule has 0 radical (unpaired) electrons. The minimum Gasteiger partial charge on any atom is -0.477 e. The fourth-order valence-electron chi connectivity index (χ4n) is 0.790. The Kier molecular flexibility index (Phi) is 3.51. The van der Waals surface area contributed by atoms with Crippen LogP contribution in [0.1, 0.15) is 5.56 Å². The van der Waals surface area contributed by atoms with Crippen molar-refractivity contribution in [2.75, 3.05) is 0 Å². The Bertz CT molecular complexity index is 360. The molecule has 0 aliphatic carbocycles. The molecule has 0 saturated carbocycles. The van der Waals surface area contributed by atoms with Gasteiger partial charge in [0.05, 0.1) is 0 Å². The van der Waals surface area contributed by atoms with Crippen LogP contribution in [0.25, 0.3) is 6.08 Å². The molecule has 0 heterocycles. The normalized spacial score (nSPS) is 11.4. The molecule has 1 N–H and O–H groups in total. The summed E-state index contributed by atoms with van der Waals surface area (Å²) in [6.07, 6.45) is 1.40. The van der Waals surface area contributed by atoms with Crippen molar-refractivity contribution in [1.29, 1.82) is 0 Å². The quantitative estimate of drug-likeness (QED) is 0.831. The van der Waals surface area contributed by atoms with Gasteiger partial charge in [-0.3, -0.25) is 0 Å². The van der Waals surface area contributed by atoms with Crippen LogP contribution < -0.4 is 0 Å². The van der Waals surface area contributed by atoms with Gasteiger partial charge in [0.1, 0.15) is 5.03 Å². The average molecular weight is 262 g/mol. The van der Waals surface area contributed by atoms with Crippen molar-refractivity contribution >= 4 is 39.6 Å². The summed E-state index contributed by atoms with van der Waals surface area (Å²) in [6, 6.07) is 7.24. The topological polar surface area (TPSA) is 37.3 Å². The molecular formula is C9H6BrClO2. The summed E-state index contributed by atoms with van der Waals surface area (Å²) < 4.78 is 0.814. The van der Waals surface area contributed by atoms with E-state index in [0.717, 1.165) is 10.0 Å². The number of carboxylic acid groups (broad SMARTS) is 1. The van der Waals surface area contributed by atoms with Gasteiger partial charge < -0.3 is 5.11 Å². The maximum absolute atomic E-state index is 10.4. The van der Waals surface area contributed by atoms with Crippen LogP contribution in [0.4, 0.5) is 0 Å². The molecule has 13 heavy (non-hydrogen) atoms. The first-order valence-corrected chi connectivity index (χ1v) is 4.63. The highest BCUT2D eigenvalue weighted by atomic mass is 79.9. The van der Waals surface area contributed by atoms with Gasteiger partial charge in [-0.15, -0.1) is 0 Å². The Morgan fingerprint density at radius 2 is 2.08 bits per heavy atom. The van der Waals surface area contributed by atoms with Gasteiger partial charge in [0, 0.05) is 4.47 Å². The predicted molar refractivity (Wildman–Crippen MR) is 55.6 cm³/mol. The molecule has 2 nitrogen and oxygen atoms in total. The lowest BCUT2D eigenvalue weighted by molar-refractivity contribution is -0.131. The molecule has 1 aromatic carbocycles. The van der Waals surface area contributed by atoms with Gasteiger partial charge in [0.15, 0.2) is 0 Å². The fraction of sp³-hybridized carbons (Fsp3) is 0. The summed E-state index contributed by atoms with van der Waals surface area (Å²) >= 11 is 8.74. The molecule has 0 saturated heterocycles. The van der Waals surface area contributed by atoms with E-state index in [-0.39, 0.29) is 5.03 Å². The highest BCUT2D eigenvalue weighted by Gasteiger charge is 2.03. The molecule has 0 amide bonds. The van der Waals surface area contributed by atoms with Crippen LogP contribution in [-0.2, 0) is 4.79 Å². The van der Waals surface area contributed by atoms with Gasteiger partial charge in [-0.25, -0.2) is 4.79 Å². The third kappa shape index (κ3) is 2.86. The smallest absolute Gasteiger partial charge is 0.347 e. The van der Waals surface area contributed by atoms with Gasteiger partial charge in [-0.05, 0) is 17.7 Å². The van der Waals surface area contributed by atoms with Crippen LogP contribution in [0.3, 0.4) is 0 Å². The number of hydrogen-bond acceptors (Lipinski definition) is 1. The number of benzene rings is 1. The van der Waals surface area contributed by atoms with Crippen LogP contribution in [0.2, 0.25) is 0 Å². The molecular weight excluding hydrogens is 255 g/mol. The van der Waals surface area contributed by atoms with Crippen LogP contribution in [-0.4, -0.2) is 11.1 Å². The van der Waals surface area contributed by atoms with Crippen LogP contribution >= 0.6 is 27.5 Å². The lowest BCUT2D eigenvalue weighted by Crippen LogP contribution is -1.93. The van der Waals surface area contributed by atoms with Gasteiger partial charge in [0.2, 0.25) is 0 Å². The second-order valence-corrected chi connectivity index (χ2v) is 3.58. The van der Waals surface area contributed by atoms with Crippen molar-refractivity contribution in [3.05, 3.63) is 39.3 Å². The summed E-state index contributed by atoms with van der Waals surface area (Å²) in [6.45, 7) is 0. The standard InChI is InChI=1S/C9H6BrClO2/c10-7-4-2-1-3-6(7)5-8(11)9(12)13/h1-5H,(H,12,13). The fourth-order valence-corrected chi connectivity index (χ4v) is 1.31. The van der Waals surface area contributed by atoms with E-state index in [2.05, 4.69) is 15.9 Å². The van der Waals surface area contributed by atoms with E-state index in [0.29, 0.717) is 0 Å². The van der Waals surface area contributed by atoms with Gasteiger partial charge in [-0.2, -0.15) is 0 Å². The Hall–Kier alpha value is -0.800. The lowest BCUT2D eigenvalue weighted by Gasteiger charge is -1.97. The lowest BCUT2D eigenvalue weighted by atomic mass is 10.2. The SMILES string of the molecule is O=C(O)C(Cl)=Cc1ccccc1Br. The second-order valence-electron chi connectivity index (χ2n) is 2.32. The summed E-state index contributed by atoms with van der Waals surface area (Å²) in [5, 5.41) is 8.32. The molecule has 0 aromatic heterocycles. The van der Waals surface area contributed by atoms with E-state index >= 15 is 0 Å². The number of carbonyl (C=O) groups is 1. The number of halogens is 2. The maximum atomic E-state index is 10.4. The molecule has 4 heteroatoms. The van der Waals surface area contributed by atoms with E-state index in [1.54, 1.807) is 6.07 Å². The molecule has 0 unspecified atom stereocenters. The van der Waals surface area contributed by atoms with Crippen LogP contribution in [0.15, 0.2) is 33.8 Å². The molecule has 68 valence electrons. The zero-order valence-corrected chi connectivity index (χ0v) is 8.84. The van der Waals surface area contributed by atoms with Crippen molar-refractivity contribution in [3.8, 4) is 0 Å². The third-order valence-corrected chi connectivity index (χ3v) is 2.38. The number of aliphatic carboxylic acids is 1. The van der Waals surface area contributed by atoms with E-state index in [1.165, 1.54) is 6.08 Å². The van der Waals surface area contributed by atoms with E-state index in [9.17, 15) is 4.79 Å². The summed E-state index contributed by atoms with van der Waals surface area (Å²) in [4.78, 5) is 10.4. The molecule has 0 spiro atoms. The van der Waals surface area contributed by atoms with Crippen molar-refractivity contribution in [3.63, 3.8) is 0 Å². The van der Waals surface area contributed by atoms with Crippen molar-refractivity contribution in [2.45, 2.75) is 0 Å². The number of hydrogen-bond donors (Lipinski definition) is 1. The van der Waals surface area contributed by atoms with Crippen LogP contribution in [0.5, 0.6) is 0 Å². The summed E-state index contributed by atoms with van der Waals surface area (Å²) in [7, 11) is 0. The zero-order valence-electron chi connectivity index (χ0n) is 6.50. The van der Waals surface area contributed by atoms with Crippen molar-refractivity contribution < 1.29 is 9.90 Å². The minimum absolute atomic E-state index is 0.202. The third-order valence-electron chi connectivity index (χ3n) is 1.39. The summed E-state index contributed by atoms with van der Waals surface area (Å²) in [5.74, 6) is -1.13. The number of rotatable bonds is 2. The first kappa shape index (κ1) is 10.3. The molecule has 0 fully saturated rings. The van der Waals surface area contributed by atoms with Gasteiger partial charge in [0.25, 0.3) is 0 Å². The maximum Gasteiger partial charge on any atom is 0.347 e. The summed E-state index contributed by atoms with van der Waals surface area (Å²) in [5.41, 5.74) is 0.745. The Morgan fingerprint density at radius 1 is 1.46 bits per heavy atom. The van der Waals surface area contributed by atoms with Gasteiger partial charge >= 0.3 is 5.97 Å². The van der Waals surface area contributed by atoms with Crippen LogP contribution in [0, 0.1) is 0 Å². The molecule has 1 aromatic rings. The van der Waals surface area contributed by atoms with E-state index < -0.39 is 5.97 Å². The zero-order chi connectivity index (χ0) is 9.84. The molecule has 0 bridgehead atoms. The number of carboxylic acids is 1. The van der Waals surface area contributed by atoms with Crippen molar-refractivity contribution in [1.82, 2.24) is 0 Å². The largest absolute Gasteiger partial charge is 0.477 e. The Balaban J connectivity index is 3.04. The predicted octanol–water partition coefficient (Wildman–Crippen LogP) is 3.11. The Morgan fingerprint density at radius 3 is 2.62 bits per heavy atom. The molecule has 0 aliphatic heterocycles. The second kappa shape index (κ2) is 4.44. The van der Waals surface area contributed by atoms with Crippen molar-refractivity contribution in [2.24, 2.45) is 0 Å². The van der Waals surface area contributed by atoms with Gasteiger partial charge in [-0.1, -0.05) is 45.7 Å². The highest BCUT2D eigenvalue weighted by Crippen LogP contribution is 2.19. The van der Waals surface area contributed by atoms with E-state index in [4.69, 9.17) is 16.7 Å². The average Bonchev–Trinajstić information content (AvgIpc) is 2.08. The molecule has 0 atom stereocenters. The monoisotopic (exact) mass is 260 g/mol. The first-order chi connectivity index (χ1) is 6.11. The minimum atomic E-state index is -1.13. The Labute approximate surface area is 89.0 Å². The first-order valence-electron chi connectivity index (χ1n) is 3.46. The molecule has 0 aliphatic rings.